The largest absolute Gasteiger partial charge is 0.491 e. The van der Waals surface area contributed by atoms with E-state index in [2.05, 4.69) is 10.2 Å². The summed E-state index contributed by atoms with van der Waals surface area (Å²) in [7, 11) is 3.92. The summed E-state index contributed by atoms with van der Waals surface area (Å²) in [6.07, 6.45) is 0. The minimum Gasteiger partial charge on any atom is -0.491 e. The molecule has 0 unspecified atom stereocenters. The molecule has 0 spiro atoms. The molecule has 2 amide bonds. The van der Waals surface area contributed by atoms with Crippen molar-refractivity contribution in [1.82, 2.24) is 15.1 Å². The Hall–Kier alpha value is -2.77. The number of rotatable bonds is 8. The van der Waals surface area contributed by atoms with Gasteiger partial charge in [-0.05, 0) is 50.5 Å². The molecule has 1 aliphatic heterocycles. The molecule has 1 saturated heterocycles. The molecule has 0 aliphatic carbocycles. The number of hydrogen-bond donors (Lipinski definition) is 1. The molecule has 7 nitrogen and oxygen atoms in total. The molecular weight excluding hydrogens is 416 g/mol. The van der Waals surface area contributed by atoms with Crippen LogP contribution in [-0.2, 0) is 4.79 Å². The van der Waals surface area contributed by atoms with Crippen LogP contribution in [0.2, 0.25) is 5.02 Å². The highest BCUT2D eigenvalue weighted by Gasteiger charge is 2.22. The molecule has 0 saturated carbocycles. The maximum Gasteiger partial charge on any atom is 0.255 e. The van der Waals surface area contributed by atoms with Gasteiger partial charge in [0.15, 0.2) is 0 Å². The van der Waals surface area contributed by atoms with Crippen LogP contribution >= 0.6 is 11.6 Å². The third-order valence-corrected chi connectivity index (χ3v) is 5.40. The van der Waals surface area contributed by atoms with Gasteiger partial charge in [-0.3, -0.25) is 9.59 Å². The first-order valence-corrected chi connectivity index (χ1v) is 10.7. The SMILES string of the molecule is CN(C)CCOc1ccccc1C(=O)NCC(=O)N1CCN(c2ccc(Cl)cc2)CC1. The van der Waals surface area contributed by atoms with Crippen molar-refractivity contribution < 1.29 is 14.3 Å². The molecule has 3 rings (SSSR count). The van der Waals surface area contributed by atoms with Gasteiger partial charge in [-0.1, -0.05) is 23.7 Å². The van der Waals surface area contributed by atoms with Crippen LogP contribution in [0.15, 0.2) is 48.5 Å². The second-order valence-electron chi connectivity index (χ2n) is 7.67. The van der Waals surface area contributed by atoms with Gasteiger partial charge in [0.05, 0.1) is 12.1 Å². The molecule has 1 N–H and O–H groups in total. The lowest BCUT2D eigenvalue weighted by Gasteiger charge is -2.36. The summed E-state index contributed by atoms with van der Waals surface area (Å²) in [4.78, 5) is 31.2. The molecule has 0 radical (unpaired) electrons. The summed E-state index contributed by atoms with van der Waals surface area (Å²) in [6, 6.07) is 14.8. The molecule has 31 heavy (non-hydrogen) atoms. The van der Waals surface area contributed by atoms with E-state index in [0.717, 1.165) is 25.3 Å². The minimum absolute atomic E-state index is 0.0359. The van der Waals surface area contributed by atoms with E-state index < -0.39 is 0 Å². The highest BCUT2D eigenvalue weighted by molar-refractivity contribution is 6.30. The number of ether oxygens (including phenoxy) is 1. The van der Waals surface area contributed by atoms with Crippen molar-refractivity contribution in [3.63, 3.8) is 0 Å². The van der Waals surface area contributed by atoms with E-state index >= 15 is 0 Å². The number of piperazine rings is 1. The highest BCUT2D eigenvalue weighted by Crippen LogP contribution is 2.20. The third kappa shape index (κ3) is 6.60. The Labute approximate surface area is 188 Å². The smallest absolute Gasteiger partial charge is 0.255 e. The molecule has 2 aromatic carbocycles. The van der Waals surface area contributed by atoms with Gasteiger partial charge in [-0.25, -0.2) is 0 Å². The summed E-state index contributed by atoms with van der Waals surface area (Å²) in [5.74, 6) is 0.120. The molecule has 0 aromatic heterocycles. The first-order chi connectivity index (χ1) is 14.9. The van der Waals surface area contributed by atoms with Gasteiger partial charge in [0.1, 0.15) is 12.4 Å². The number of para-hydroxylation sites is 1. The fraction of sp³-hybridized carbons (Fsp3) is 0.391. The van der Waals surface area contributed by atoms with Crippen molar-refractivity contribution in [3.8, 4) is 5.75 Å². The molecular formula is C23H29ClN4O3. The number of nitrogens with zero attached hydrogens (tertiary/aromatic N) is 3. The van der Waals surface area contributed by atoms with Crippen LogP contribution in [0.3, 0.4) is 0 Å². The number of amides is 2. The van der Waals surface area contributed by atoms with Crippen LogP contribution in [0, 0.1) is 0 Å². The number of hydrogen-bond acceptors (Lipinski definition) is 5. The lowest BCUT2D eigenvalue weighted by Crippen LogP contribution is -2.51. The standard InChI is InChI=1S/C23H29ClN4O3/c1-26(2)15-16-31-21-6-4-3-5-20(21)23(30)25-17-22(29)28-13-11-27(12-14-28)19-9-7-18(24)8-10-19/h3-10H,11-17H2,1-2H3,(H,25,30). The van der Waals surface area contributed by atoms with Gasteiger partial charge < -0.3 is 24.8 Å². The number of anilines is 1. The Kier molecular flexibility index (Phi) is 8.14. The van der Waals surface area contributed by atoms with Gasteiger partial charge in [0.25, 0.3) is 5.91 Å². The first-order valence-electron chi connectivity index (χ1n) is 10.4. The maximum absolute atomic E-state index is 12.6. The van der Waals surface area contributed by atoms with E-state index in [4.69, 9.17) is 16.3 Å². The van der Waals surface area contributed by atoms with Crippen molar-refractivity contribution in [3.05, 3.63) is 59.1 Å². The zero-order valence-corrected chi connectivity index (χ0v) is 18.8. The Morgan fingerprint density at radius 2 is 1.71 bits per heavy atom. The van der Waals surface area contributed by atoms with Crippen molar-refractivity contribution in [2.24, 2.45) is 0 Å². The van der Waals surface area contributed by atoms with Gasteiger partial charge in [0, 0.05) is 43.4 Å². The average molecular weight is 445 g/mol. The minimum atomic E-state index is -0.311. The number of halogens is 1. The summed E-state index contributed by atoms with van der Waals surface area (Å²) in [5.41, 5.74) is 1.53. The normalized spacial score (nSPS) is 13.9. The van der Waals surface area contributed by atoms with E-state index in [1.165, 1.54) is 0 Å². The molecule has 1 heterocycles. The Balaban J connectivity index is 1.48. The number of likely N-dealkylation sites (N-methyl/N-ethyl adjacent to an activating group) is 1. The van der Waals surface area contributed by atoms with Crippen LogP contribution < -0.4 is 15.0 Å². The highest BCUT2D eigenvalue weighted by atomic mass is 35.5. The topological polar surface area (TPSA) is 65.1 Å². The fourth-order valence-electron chi connectivity index (χ4n) is 3.35. The summed E-state index contributed by atoms with van der Waals surface area (Å²) >= 11 is 5.95. The quantitative estimate of drug-likeness (QED) is 0.677. The number of nitrogens with one attached hydrogen (secondary N) is 1. The maximum atomic E-state index is 12.6. The van der Waals surface area contributed by atoms with Crippen LogP contribution in [0.1, 0.15) is 10.4 Å². The summed E-state index contributed by atoms with van der Waals surface area (Å²) in [6.45, 7) is 3.90. The van der Waals surface area contributed by atoms with Crippen molar-refractivity contribution >= 4 is 29.1 Å². The van der Waals surface area contributed by atoms with Crippen molar-refractivity contribution in [2.75, 3.05) is 64.9 Å². The van der Waals surface area contributed by atoms with E-state index in [0.29, 0.717) is 36.0 Å². The molecule has 0 atom stereocenters. The molecule has 1 fully saturated rings. The fourth-order valence-corrected chi connectivity index (χ4v) is 3.47. The zero-order valence-electron chi connectivity index (χ0n) is 18.0. The van der Waals surface area contributed by atoms with E-state index in [-0.39, 0.29) is 18.4 Å². The average Bonchev–Trinajstić information content (AvgIpc) is 2.78. The predicted octanol–water partition coefficient (Wildman–Crippen LogP) is 2.36. The molecule has 0 bridgehead atoms. The van der Waals surface area contributed by atoms with Crippen LogP contribution in [0.4, 0.5) is 5.69 Å². The van der Waals surface area contributed by atoms with Crippen LogP contribution in [0.5, 0.6) is 5.75 Å². The van der Waals surface area contributed by atoms with Gasteiger partial charge in [0.2, 0.25) is 5.91 Å². The number of benzene rings is 2. The van der Waals surface area contributed by atoms with Gasteiger partial charge >= 0.3 is 0 Å². The lowest BCUT2D eigenvalue weighted by atomic mass is 10.2. The number of carbonyl (C=O) groups is 2. The molecule has 2 aromatic rings. The second-order valence-corrected chi connectivity index (χ2v) is 8.11. The summed E-state index contributed by atoms with van der Waals surface area (Å²) in [5, 5.41) is 3.44. The monoisotopic (exact) mass is 444 g/mol. The Morgan fingerprint density at radius 1 is 1.03 bits per heavy atom. The van der Waals surface area contributed by atoms with E-state index in [1.807, 2.05) is 49.3 Å². The Morgan fingerprint density at radius 3 is 2.39 bits per heavy atom. The molecule has 8 heteroatoms. The van der Waals surface area contributed by atoms with Crippen molar-refractivity contribution in [2.45, 2.75) is 0 Å². The van der Waals surface area contributed by atoms with Crippen LogP contribution in [-0.4, -0.2) is 81.6 Å². The second kappa shape index (κ2) is 11.0. The first kappa shape index (κ1) is 22.9. The predicted molar refractivity (Wildman–Crippen MR) is 123 cm³/mol. The van der Waals surface area contributed by atoms with Gasteiger partial charge in [-0.15, -0.1) is 0 Å². The van der Waals surface area contributed by atoms with Crippen molar-refractivity contribution in [1.29, 1.82) is 0 Å². The van der Waals surface area contributed by atoms with E-state index in [9.17, 15) is 9.59 Å². The summed E-state index contributed by atoms with van der Waals surface area (Å²) < 4.78 is 5.74. The van der Waals surface area contributed by atoms with Crippen LogP contribution in [0.25, 0.3) is 0 Å². The Bertz CT molecular complexity index is 881. The molecule has 166 valence electrons. The number of carbonyl (C=O) groups excluding carboxylic acids is 2. The van der Waals surface area contributed by atoms with E-state index in [1.54, 1.807) is 23.1 Å². The third-order valence-electron chi connectivity index (χ3n) is 5.15. The zero-order chi connectivity index (χ0) is 22.2. The lowest BCUT2D eigenvalue weighted by molar-refractivity contribution is -0.130. The van der Waals surface area contributed by atoms with Gasteiger partial charge in [-0.2, -0.15) is 0 Å². The molecule has 1 aliphatic rings.